The first-order valence-electron chi connectivity index (χ1n) is 10.8. The minimum Gasteiger partial charge on any atom is -0.376 e. The van der Waals surface area contributed by atoms with Crippen molar-refractivity contribution in [3.63, 3.8) is 0 Å². The van der Waals surface area contributed by atoms with Crippen molar-refractivity contribution < 1.29 is 9.53 Å². The van der Waals surface area contributed by atoms with E-state index in [1.165, 1.54) is 16.5 Å². The van der Waals surface area contributed by atoms with E-state index in [4.69, 9.17) is 9.72 Å². The lowest BCUT2D eigenvalue weighted by Gasteiger charge is -2.23. The SMILES string of the molecule is Cc1ccc2sc(N(CC3CCCO3)C(=O)Cc3ccc4ccccc4c3)nc2c1C. The number of benzene rings is 3. The molecule has 1 amide bonds. The number of aryl methyl sites for hydroxylation is 2. The molecule has 5 rings (SSSR count). The van der Waals surface area contributed by atoms with Gasteiger partial charge in [0.1, 0.15) is 0 Å². The Hall–Kier alpha value is -2.76. The van der Waals surface area contributed by atoms with Gasteiger partial charge in [0.2, 0.25) is 5.91 Å². The van der Waals surface area contributed by atoms with Crippen molar-refractivity contribution in [1.29, 1.82) is 0 Å². The van der Waals surface area contributed by atoms with Gasteiger partial charge in [-0.3, -0.25) is 9.69 Å². The summed E-state index contributed by atoms with van der Waals surface area (Å²) >= 11 is 1.59. The van der Waals surface area contributed by atoms with E-state index in [9.17, 15) is 4.79 Å². The molecule has 5 heteroatoms. The number of ether oxygens (including phenoxy) is 1. The molecule has 4 aromatic rings. The number of nitrogens with zero attached hydrogens (tertiary/aromatic N) is 2. The van der Waals surface area contributed by atoms with Crippen molar-refractivity contribution in [2.75, 3.05) is 18.1 Å². The molecule has 1 fully saturated rings. The molecular formula is C26H26N2O2S. The molecule has 4 nitrogen and oxygen atoms in total. The highest BCUT2D eigenvalue weighted by atomic mass is 32.1. The molecule has 3 aromatic carbocycles. The molecule has 1 saturated heterocycles. The highest BCUT2D eigenvalue weighted by molar-refractivity contribution is 7.22. The van der Waals surface area contributed by atoms with Gasteiger partial charge >= 0.3 is 0 Å². The van der Waals surface area contributed by atoms with Crippen LogP contribution in [-0.2, 0) is 16.0 Å². The normalized spacial score (nSPS) is 16.3. The van der Waals surface area contributed by atoms with Crippen LogP contribution in [0.1, 0.15) is 29.5 Å². The summed E-state index contributed by atoms with van der Waals surface area (Å²) in [6.45, 7) is 5.53. The topological polar surface area (TPSA) is 42.4 Å². The molecule has 0 N–H and O–H groups in total. The Bertz CT molecular complexity index is 1260. The zero-order valence-corrected chi connectivity index (χ0v) is 18.7. The van der Waals surface area contributed by atoms with Gasteiger partial charge in [-0.05, 0) is 60.2 Å². The van der Waals surface area contributed by atoms with Gasteiger partial charge in [-0.15, -0.1) is 0 Å². The maximum Gasteiger partial charge on any atom is 0.233 e. The highest BCUT2D eigenvalue weighted by Crippen LogP contribution is 2.33. The second kappa shape index (κ2) is 8.40. The van der Waals surface area contributed by atoms with Gasteiger partial charge in [0, 0.05) is 6.61 Å². The molecular weight excluding hydrogens is 404 g/mol. The Kier molecular flexibility index (Phi) is 5.47. The van der Waals surface area contributed by atoms with Gasteiger partial charge in [0.25, 0.3) is 0 Å². The van der Waals surface area contributed by atoms with Gasteiger partial charge in [-0.25, -0.2) is 4.98 Å². The summed E-state index contributed by atoms with van der Waals surface area (Å²) in [5.74, 6) is 0.0687. The summed E-state index contributed by atoms with van der Waals surface area (Å²) in [4.78, 5) is 20.3. The first-order chi connectivity index (χ1) is 15.1. The quantitative estimate of drug-likeness (QED) is 0.401. The van der Waals surface area contributed by atoms with Gasteiger partial charge in [-0.1, -0.05) is 59.9 Å². The fraction of sp³-hybridized carbons (Fsp3) is 0.308. The molecule has 1 aliphatic rings. The molecule has 0 bridgehead atoms. The number of carbonyl (C=O) groups is 1. The number of carbonyl (C=O) groups excluding carboxylic acids is 1. The molecule has 0 aliphatic carbocycles. The fourth-order valence-electron chi connectivity index (χ4n) is 4.23. The predicted octanol–water partition coefficient (Wildman–Crippen LogP) is 5.82. The van der Waals surface area contributed by atoms with Crippen molar-refractivity contribution in [2.24, 2.45) is 0 Å². The lowest BCUT2D eigenvalue weighted by molar-refractivity contribution is -0.118. The third-order valence-electron chi connectivity index (χ3n) is 6.18. The number of amides is 1. The van der Waals surface area contributed by atoms with Gasteiger partial charge in [0.05, 0.1) is 29.3 Å². The van der Waals surface area contributed by atoms with Crippen LogP contribution in [0.25, 0.3) is 21.0 Å². The lowest BCUT2D eigenvalue weighted by atomic mass is 10.0. The number of fused-ring (bicyclic) bond motifs is 2. The highest BCUT2D eigenvalue weighted by Gasteiger charge is 2.26. The molecule has 2 heterocycles. The first-order valence-corrected chi connectivity index (χ1v) is 11.7. The van der Waals surface area contributed by atoms with Gasteiger partial charge < -0.3 is 4.74 Å². The van der Waals surface area contributed by atoms with Crippen LogP contribution in [0.5, 0.6) is 0 Å². The second-order valence-corrected chi connectivity index (χ2v) is 9.36. The van der Waals surface area contributed by atoms with E-state index in [1.54, 1.807) is 11.3 Å². The summed E-state index contributed by atoms with van der Waals surface area (Å²) in [5.41, 5.74) is 4.42. The van der Waals surface area contributed by atoms with E-state index in [1.807, 2.05) is 17.0 Å². The van der Waals surface area contributed by atoms with Crippen LogP contribution in [0.4, 0.5) is 5.13 Å². The average molecular weight is 431 g/mol. The lowest BCUT2D eigenvalue weighted by Crippen LogP contribution is -2.38. The van der Waals surface area contributed by atoms with Crippen molar-refractivity contribution in [3.05, 3.63) is 71.3 Å². The zero-order valence-electron chi connectivity index (χ0n) is 17.9. The number of rotatable bonds is 5. The molecule has 31 heavy (non-hydrogen) atoms. The minimum absolute atomic E-state index is 0.0687. The molecule has 0 spiro atoms. The van der Waals surface area contributed by atoms with Crippen molar-refractivity contribution in [1.82, 2.24) is 4.98 Å². The van der Waals surface area contributed by atoms with Crippen LogP contribution in [0.3, 0.4) is 0 Å². The standard InChI is InChI=1S/C26H26N2O2S/c1-17-9-12-23-25(18(17)2)27-26(31-23)28(16-22-8-5-13-30-22)24(29)15-19-10-11-20-6-3-4-7-21(20)14-19/h3-4,6-7,9-12,14,22H,5,8,13,15-16H2,1-2H3. The summed E-state index contributed by atoms with van der Waals surface area (Å²) in [6, 6.07) is 18.7. The van der Waals surface area contributed by atoms with Crippen LogP contribution >= 0.6 is 11.3 Å². The van der Waals surface area contributed by atoms with Crippen LogP contribution in [0.2, 0.25) is 0 Å². The number of aromatic nitrogens is 1. The van der Waals surface area contributed by atoms with Gasteiger partial charge in [0.15, 0.2) is 5.13 Å². The summed E-state index contributed by atoms with van der Waals surface area (Å²) in [7, 11) is 0. The summed E-state index contributed by atoms with van der Waals surface area (Å²) in [6.07, 6.45) is 2.47. The van der Waals surface area contributed by atoms with E-state index in [-0.39, 0.29) is 12.0 Å². The second-order valence-electron chi connectivity index (χ2n) is 8.35. The Labute approximate surface area is 186 Å². The van der Waals surface area contributed by atoms with Crippen molar-refractivity contribution in [3.8, 4) is 0 Å². The molecule has 0 saturated carbocycles. The third-order valence-corrected chi connectivity index (χ3v) is 7.23. The number of hydrogen-bond donors (Lipinski definition) is 0. The first kappa shape index (κ1) is 20.2. The van der Waals surface area contributed by atoms with Crippen LogP contribution in [0.15, 0.2) is 54.6 Å². The van der Waals surface area contributed by atoms with Gasteiger partial charge in [-0.2, -0.15) is 0 Å². The zero-order chi connectivity index (χ0) is 21.4. The fourth-order valence-corrected chi connectivity index (χ4v) is 5.28. The smallest absolute Gasteiger partial charge is 0.233 e. The van der Waals surface area contributed by atoms with Crippen molar-refractivity contribution >= 4 is 43.4 Å². The summed E-state index contributed by atoms with van der Waals surface area (Å²) < 4.78 is 6.98. The van der Waals surface area contributed by atoms with E-state index in [2.05, 4.69) is 56.3 Å². The Morgan fingerprint density at radius 2 is 1.97 bits per heavy atom. The molecule has 0 radical (unpaired) electrons. The van der Waals surface area contributed by atoms with Crippen LogP contribution in [0, 0.1) is 13.8 Å². The summed E-state index contributed by atoms with van der Waals surface area (Å²) in [5, 5.41) is 3.11. The van der Waals surface area contributed by atoms with E-state index < -0.39 is 0 Å². The third kappa shape index (κ3) is 4.08. The molecule has 1 aliphatic heterocycles. The molecule has 1 aromatic heterocycles. The minimum atomic E-state index is 0.0687. The number of anilines is 1. The Balaban J connectivity index is 1.47. The van der Waals surface area contributed by atoms with E-state index in [0.717, 1.165) is 45.7 Å². The maximum atomic E-state index is 13.5. The van der Waals surface area contributed by atoms with Crippen molar-refractivity contribution in [2.45, 2.75) is 39.2 Å². The molecule has 158 valence electrons. The molecule has 1 atom stereocenters. The molecule has 1 unspecified atom stereocenters. The largest absolute Gasteiger partial charge is 0.376 e. The Morgan fingerprint density at radius 3 is 2.77 bits per heavy atom. The van der Waals surface area contributed by atoms with E-state index >= 15 is 0 Å². The maximum absolute atomic E-state index is 13.5. The van der Waals surface area contributed by atoms with E-state index in [0.29, 0.717) is 13.0 Å². The number of thiazole rings is 1. The predicted molar refractivity (Wildman–Crippen MR) is 128 cm³/mol. The average Bonchev–Trinajstić information content (AvgIpc) is 3.44. The Morgan fingerprint density at radius 1 is 1.13 bits per heavy atom. The monoisotopic (exact) mass is 430 g/mol. The van der Waals surface area contributed by atoms with Crippen LogP contribution < -0.4 is 4.90 Å². The van der Waals surface area contributed by atoms with Crippen LogP contribution in [-0.4, -0.2) is 30.1 Å². The number of hydrogen-bond acceptors (Lipinski definition) is 4.